The van der Waals surface area contributed by atoms with E-state index >= 15 is 0 Å². The molecule has 18 heavy (non-hydrogen) atoms. The summed E-state index contributed by atoms with van der Waals surface area (Å²) in [5.41, 5.74) is 0.836. The summed E-state index contributed by atoms with van der Waals surface area (Å²) >= 11 is 0. The van der Waals surface area contributed by atoms with Gasteiger partial charge >= 0.3 is 0 Å². The quantitative estimate of drug-likeness (QED) is 0.574. The minimum absolute atomic E-state index is 0.397. The third-order valence-electron chi connectivity index (χ3n) is 3.37. The predicted molar refractivity (Wildman–Crippen MR) is 81.1 cm³/mol. The van der Waals surface area contributed by atoms with E-state index in [9.17, 15) is 0 Å². The predicted octanol–water partition coefficient (Wildman–Crippen LogP) is 4.20. The Morgan fingerprint density at radius 1 is 0.833 bits per heavy atom. The van der Waals surface area contributed by atoms with Crippen molar-refractivity contribution in [3.8, 4) is 0 Å². The second kappa shape index (κ2) is 8.16. The Bertz CT molecular complexity index is 204. The van der Waals surface area contributed by atoms with Crippen molar-refractivity contribution in [3.63, 3.8) is 0 Å². The maximum absolute atomic E-state index is 5.76. The lowest BCUT2D eigenvalue weighted by molar-refractivity contribution is 0.0909. The molecule has 0 aliphatic heterocycles. The van der Waals surface area contributed by atoms with Gasteiger partial charge in [0.05, 0.1) is 0 Å². The zero-order chi connectivity index (χ0) is 14.2. The molecule has 0 atom stereocenters. The maximum atomic E-state index is 5.76. The Hall–Kier alpha value is -0.0800. The molecule has 2 heteroatoms. The van der Waals surface area contributed by atoms with Crippen molar-refractivity contribution in [2.75, 3.05) is 33.9 Å². The molecule has 0 saturated heterocycles. The van der Waals surface area contributed by atoms with Crippen LogP contribution in [0, 0.1) is 10.8 Å². The standard InChI is InChI=1S/C16H35NO/c1-15(2,3)9-8-13-18-14-11-16(4,5)10-12-17(6)7/h8-14H2,1-7H3. The van der Waals surface area contributed by atoms with Crippen LogP contribution < -0.4 is 0 Å². The zero-order valence-electron chi connectivity index (χ0n) is 13.8. The molecule has 0 bridgehead atoms. The second-order valence-corrected chi connectivity index (χ2v) is 7.74. The van der Waals surface area contributed by atoms with E-state index in [4.69, 9.17) is 4.74 Å². The largest absolute Gasteiger partial charge is 0.381 e. The summed E-state index contributed by atoms with van der Waals surface area (Å²) < 4.78 is 5.76. The molecule has 0 spiro atoms. The molecule has 2 nitrogen and oxygen atoms in total. The maximum Gasteiger partial charge on any atom is 0.0471 e. The molecule has 0 aromatic heterocycles. The van der Waals surface area contributed by atoms with Crippen LogP contribution in [0.3, 0.4) is 0 Å². The Morgan fingerprint density at radius 2 is 1.44 bits per heavy atom. The van der Waals surface area contributed by atoms with Crippen LogP contribution in [0.1, 0.15) is 60.3 Å². The van der Waals surface area contributed by atoms with Crippen molar-refractivity contribution >= 4 is 0 Å². The Balaban J connectivity index is 3.52. The Labute approximate surface area is 115 Å². The highest BCUT2D eigenvalue weighted by atomic mass is 16.5. The third-order valence-corrected chi connectivity index (χ3v) is 3.37. The Kier molecular flexibility index (Phi) is 8.13. The van der Waals surface area contributed by atoms with Crippen LogP contribution in [-0.2, 0) is 4.74 Å². The summed E-state index contributed by atoms with van der Waals surface area (Å²) in [5.74, 6) is 0. The molecular weight excluding hydrogens is 222 g/mol. The topological polar surface area (TPSA) is 12.5 Å². The number of hydrogen-bond acceptors (Lipinski definition) is 2. The monoisotopic (exact) mass is 257 g/mol. The van der Waals surface area contributed by atoms with Gasteiger partial charge in [0, 0.05) is 13.2 Å². The van der Waals surface area contributed by atoms with Crippen LogP contribution in [0.2, 0.25) is 0 Å². The molecule has 0 aliphatic rings. The van der Waals surface area contributed by atoms with Crippen molar-refractivity contribution in [2.24, 2.45) is 10.8 Å². The molecule has 0 N–H and O–H groups in total. The Morgan fingerprint density at radius 3 is 1.94 bits per heavy atom. The molecule has 0 heterocycles. The molecule has 0 aliphatic carbocycles. The SMILES string of the molecule is CN(C)CCC(C)(C)CCOCCCC(C)(C)C. The average molecular weight is 257 g/mol. The van der Waals surface area contributed by atoms with Gasteiger partial charge in [-0.1, -0.05) is 34.6 Å². The fourth-order valence-electron chi connectivity index (χ4n) is 1.81. The highest BCUT2D eigenvalue weighted by Crippen LogP contribution is 2.25. The van der Waals surface area contributed by atoms with Gasteiger partial charge in [0.1, 0.15) is 0 Å². The summed E-state index contributed by atoms with van der Waals surface area (Å²) in [6, 6.07) is 0. The van der Waals surface area contributed by atoms with Crippen LogP contribution in [-0.4, -0.2) is 38.8 Å². The van der Waals surface area contributed by atoms with Gasteiger partial charge in [-0.05, 0) is 57.2 Å². The summed E-state index contributed by atoms with van der Waals surface area (Å²) in [4.78, 5) is 2.26. The van der Waals surface area contributed by atoms with Gasteiger partial charge in [0.25, 0.3) is 0 Å². The van der Waals surface area contributed by atoms with E-state index in [2.05, 4.69) is 53.6 Å². The summed E-state index contributed by atoms with van der Waals surface area (Å²) in [5, 5.41) is 0. The van der Waals surface area contributed by atoms with Gasteiger partial charge in [-0.15, -0.1) is 0 Å². The van der Waals surface area contributed by atoms with Gasteiger partial charge in [0.15, 0.2) is 0 Å². The molecule has 0 fully saturated rings. The van der Waals surface area contributed by atoms with Crippen LogP contribution in [0.15, 0.2) is 0 Å². The zero-order valence-corrected chi connectivity index (χ0v) is 13.8. The first-order valence-electron chi connectivity index (χ1n) is 7.35. The molecular formula is C16H35NO. The molecule has 0 aromatic carbocycles. The molecule has 110 valence electrons. The first-order valence-corrected chi connectivity index (χ1v) is 7.35. The van der Waals surface area contributed by atoms with Crippen molar-refractivity contribution in [1.82, 2.24) is 4.90 Å². The summed E-state index contributed by atoms with van der Waals surface area (Å²) in [6.07, 6.45) is 4.83. The molecule has 0 radical (unpaired) electrons. The van der Waals surface area contributed by atoms with E-state index in [-0.39, 0.29) is 0 Å². The normalized spacial score (nSPS) is 13.3. The van der Waals surface area contributed by atoms with Crippen molar-refractivity contribution in [1.29, 1.82) is 0 Å². The summed E-state index contributed by atoms with van der Waals surface area (Å²) in [6.45, 7) is 14.5. The lowest BCUT2D eigenvalue weighted by atomic mass is 9.86. The number of rotatable bonds is 9. The smallest absolute Gasteiger partial charge is 0.0471 e. The third kappa shape index (κ3) is 12.4. The minimum atomic E-state index is 0.397. The van der Waals surface area contributed by atoms with Crippen molar-refractivity contribution in [3.05, 3.63) is 0 Å². The van der Waals surface area contributed by atoms with Crippen LogP contribution in [0.25, 0.3) is 0 Å². The fourth-order valence-corrected chi connectivity index (χ4v) is 1.81. The second-order valence-electron chi connectivity index (χ2n) is 7.74. The van der Waals surface area contributed by atoms with E-state index in [0.29, 0.717) is 10.8 Å². The molecule has 0 aromatic rings. The van der Waals surface area contributed by atoms with Gasteiger partial charge in [-0.2, -0.15) is 0 Å². The lowest BCUT2D eigenvalue weighted by Gasteiger charge is -2.26. The van der Waals surface area contributed by atoms with Crippen LogP contribution >= 0.6 is 0 Å². The lowest BCUT2D eigenvalue weighted by Crippen LogP contribution is -2.23. The number of ether oxygens (including phenoxy) is 1. The van der Waals surface area contributed by atoms with E-state index < -0.39 is 0 Å². The average Bonchev–Trinajstić information content (AvgIpc) is 2.19. The first kappa shape index (κ1) is 17.9. The first-order chi connectivity index (χ1) is 8.12. The molecule has 0 rings (SSSR count). The van der Waals surface area contributed by atoms with E-state index in [0.717, 1.165) is 26.2 Å². The molecule has 0 amide bonds. The van der Waals surface area contributed by atoms with Gasteiger partial charge in [0.2, 0.25) is 0 Å². The summed E-state index contributed by atoms with van der Waals surface area (Å²) in [7, 11) is 4.28. The van der Waals surface area contributed by atoms with Crippen LogP contribution in [0.4, 0.5) is 0 Å². The van der Waals surface area contributed by atoms with E-state index in [1.165, 1.54) is 19.3 Å². The van der Waals surface area contributed by atoms with E-state index in [1.807, 2.05) is 0 Å². The fraction of sp³-hybridized carbons (Fsp3) is 1.00. The number of hydrogen-bond donors (Lipinski definition) is 0. The minimum Gasteiger partial charge on any atom is -0.381 e. The van der Waals surface area contributed by atoms with Crippen molar-refractivity contribution in [2.45, 2.75) is 60.3 Å². The van der Waals surface area contributed by atoms with Crippen molar-refractivity contribution < 1.29 is 4.74 Å². The number of nitrogens with zero attached hydrogens (tertiary/aromatic N) is 1. The molecule has 0 unspecified atom stereocenters. The van der Waals surface area contributed by atoms with Gasteiger partial charge in [-0.3, -0.25) is 0 Å². The highest BCUT2D eigenvalue weighted by Gasteiger charge is 2.17. The van der Waals surface area contributed by atoms with Gasteiger partial charge < -0.3 is 9.64 Å². The van der Waals surface area contributed by atoms with E-state index in [1.54, 1.807) is 0 Å². The molecule has 0 saturated carbocycles. The van der Waals surface area contributed by atoms with Gasteiger partial charge in [-0.25, -0.2) is 0 Å². The highest BCUT2D eigenvalue weighted by molar-refractivity contribution is 4.69. The van der Waals surface area contributed by atoms with Crippen LogP contribution in [0.5, 0.6) is 0 Å².